The van der Waals surface area contributed by atoms with Crippen LogP contribution in [0, 0.1) is 0 Å². The molecule has 0 spiro atoms. The number of rotatable bonds is 7. The molecule has 0 bridgehead atoms. The summed E-state index contributed by atoms with van der Waals surface area (Å²) in [6.07, 6.45) is 0. The average Bonchev–Trinajstić information content (AvgIpc) is 3.30. The van der Waals surface area contributed by atoms with Crippen LogP contribution >= 0.6 is 0 Å². The molecule has 0 N–H and O–H groups in total. The first-order valence-corrected chi connectivity index (χ1v) is 19.8. The highest BCUT2D eigenvalue weighted by Gasteiger charge is 2.24. The van der Waals surface area contributed by atoms with Crippen LogP contribution in [-0.2, 0) is 0 Å². The van der Waals surface area contributed by atoms with Gasteiger partial charge in [-0.05, 0) is 104 Å². The molecule has 0 saturated heterocycles. The van der Waals surface area contributed by atoms with Gasteiger partial charge in [0, 0.05) is 27.8 Å². The smallest absolute Gasteiger partial charge is 0.135 e. The number of fused-ring (bicyclic) bond motifs is 3. The molecule has 1 heterocycles. The second-order valence-electron chi connectivity index (χ2n) is 14.9. The van der Waals surface area contributed by atoms with E-state index in [0.29, 0.717) is 0 Å². The van der Waals surface area contributed by atoms with Crippen molar-refractivity contribution in [2.45, 2.75) is 0 Å². The van der Waals surface area contributed by atoms with E-state index in [0.717, 1.165) is 67.2 Å². The van der Waals surface area contributed by atoms with Crippen molar-refractivity contribution in [3.05, 3.63) is 224 Å². The first-order chi connectivity index (χ1) is 28.8. The van der Waals surface area contributed by atoms with Crippen LogP contribution in [-0.4, -0.2) is 0 Å². The van der Waals surface area contributed by atoms with Crippen molar-refractivity contribution in [3.8, 4) is 67.1 Å². The summed E-state index contributed by atoms with van der Waals surface area (Å²) >= 11 is 0. The van der Waals surface area contributed by atoms with Crippen LogP contribution in [0.4, 0.5) is 17.1 Å². The standard InChI is InChI=1S/C56H37NO/c1-2-14-38(15-3-1)39-28-30-42(31-29-39)48-20-6-9-24-52(48)57(45-34-32-41(33-35-45)47-23-12-17-40-16-4-5-19-46(40)47)53-25-10-7-21-49(53)44-36-43-18-13-27-55-56(43)51(37-44)50-22-8-11-26-54(50)58-55/h1-37H. The second kappa shape index (κ2) is 14.1. The predicted molar refractivity (Wildman–Crippen MR) is 243 cm³/mol. The van der Waals surface area contributed by atoms with Crippen LogP contribution in [0.3, 0.4) is 0 Å². The van der Waals surface area contributed by atoms with Crippen LogP contribution in [0.1, 0.15) is 0 Å². The van der Waals surface area contributed by atoms with Gasteiger partial charge in [0.15, 0.2) is 0 Å². The Hall–Kier alpha value is -7.68. The van der Waals surface area contributed by atoms with Crippen molar-refractivity contribution in [3.63, 3.8) is 0 Å². The highest BCUT2D eigenvalue weighted by molar-refractivity contribution is 6.07. The van der Waals surface area contributed by atoms with Crippen molar-refractivity contribution < 1.29 is 4.74 Å². The number of benzene rings is 10. The van der Waals surface area contributed by atoms with Crippen LogP contribution in [0.5, 0.6) is 11.5 Å². The second-order valence-corrected chi connectivity index (χ2v) is 14.9. The fourth-order valence-corrected chi connectivity index (χ4v) is 8.72. The lowest BCUT2D eigenvalue weighted by Gasteiger charge is -2.30. The van der Waals surface area contributed by atoms with Gasteiger partial charge in [-0.2, -0.15) is 0 Å². The van der Waals surface area contributed by atoms with Crippen molar-refractivity contribution in [1.82, 2.24) is 0 Å². The zero-order chi connectivity index (χ0) is 38.4. The SMILES string of the molecule is c1ccc(-c2ccc(-c3ccccc3N(c3ccc(-c4cccc5ccccc45)cc3)c3ccccc3-c3cc4c5c(cccc5c3)Oc3ccccc3-4)cc2)cc1. The summed E-state index contributed by atoms with van der Waals surface area (Å²) in [5.41, 5.74) is 15.0. The van der Waals surface area contributed by atoms with Crippen molar-refractivity contribution in [2.24, 2.45) is 0 Å². The van der Waals surface area contributed by atoms with E-state index in [1.54, 1.807) is 0 Å². The molecule has 0 aliphatic carbocycles. The minimum absolute atomic E-state index is 0.882. The molecule has 58 heavy (non-hydrogen) atoms. The molecule has 2 nitrogen and oxygen atoms in total. The molecule has 0 saturated carbocycles. The summed E-state index contributed by atoms with van der Waals surface area (Å²) in [6, 6.07) is 80.8. The molecule has 1 aliphatic rings. The fraction of sp³-hybridized carbons (Fsp3) is 0. The van der Waals surface area contributed by atoms with Gasteiger partial charge in [0.1, 0.15) is 11.5 Å². The molecule has 1 aliphatic heterocycles. The minimum atomic E-state index is 0.882. The zero-order valence-electron chi connectivity index (χ0n) is 31.7. The highest BCUT2D eigenvalue weighted by atomic mass is 16.5. The fourth-order valence-electron chi connectivity index (χ4n) is 8.72. The van der Waals surface area contributed by atoms with Crippen LogP contribution in [0.2, 0.25) is 0 Å². The Morgan fingerprint density at radius 2 is 0.810 bits per heavy atom. The lowest BCUT2D eigenvalue weighted by atomic mass is 9.90. The Morgan fingerprint density at radius 3 is 1.60 bits per heavy atom. The van der Waals surface area contributed by atoms with E-state index in [1.165, 1.54) is 38.6 Å². The molecule has 0 atom stereocenters. The summed E-state index contributed by atoms with van der Waals surface area (Å²) < 4.78 is 6.42. The van der Waals surface area contributed by atoms with Gasteiger partial charge in [-0.3, -0.25) is 0 Å². The Balaban J connectivity index is 1.10. The van der Waals surface area contributed by atoms with Gasteiger partial charge >= 0.3 is 0 Å². The van der Waals surface area contributed by atoms with Crippen molar-refractivity contribution in [1.29, 1.82) is 0 Å². The van der Waals surface area contributed by atoms with Gasteiger partial charge in [-0.25, -0.2) is 0 Å². The van der Waals surface area contributed by atoms with Crippen LogP contribution < -0.4 is 9.64 Å². The summed E-state index contributed by atoms with van der Waals surface area (Å²) in [5.74, 6) is 1.78. The summed E-state index contributed by atoms with van der Waals surface area (Å²) in [4.78, 5) is 2.44. The maximum absolute atomic E-state index is 6.42. The van der Waals surface area contributed by atoms with E-state index in [4.69, 9.17) is 4.74 Å². The van der Waals surface area contributed by atoms with Crippen molar-refractivity contribution in [2.75, 3.05) is 4.90 Å². The number of para-hydroxylation sites is 3. The van der Waals surface area contributed by atoms with Crippen LogP contribution in [0.15, 0.2) is 224 Å². The predicted octanol–water partition coefficient (Wildman–Crippen LogP) is 15.9. The first kappa shape index (κ1) is 33.6. The minimum Gasteiger partial charge on any atom is -0.456 e. The molecule has 0 fully saturated rings. The summed E-state index contributed by atoms with van der Waals surface area (Å²) in [5, 5.41) is 4.79. The van der Waals surface area contributed by atoms with Gasteiger partial charge in [0.25, 0.3) is 0 Å². The monoisotopic (exact) mass is 739 g/mol. The number of nitrogens with zero attached hydrogens (tertiary/aromatic N) is 1. The molecule has 0 amide bonds. The lowest BCUT2D eigenvalue weighted by molar-refractivity contribution is 0.487. The van der Waals surface area contributed by atoms with Gasteiger partial charge in [-0.15, -0.1) is 0 Å². The Labute approximate surface area is 338 Å². The average molecular weight is 740 g/mol. The van der Waals surface area contributed by atoms with Gasteiger partial charge in [0.2, 0.25) is 0 Å². The number of hydrogen-bond donors (Lipinski definition) is 0. The number of anilines is 3. The van der Waals surface area contributed by atoms with Gasteiger partial charge in [0.05, 0.1) is 11.4 Å². The van der Waals surface area contributed by atoms with E-state index in [-0.39, 0.29) is 0 Å². The van der Waals surface area contributed by atoms with E-state index >= 15 is 0 Å². The summed E-state index contributed by atoms with van der Waals surface area (Å²) in [7, 11) is 0. The lowest BCUT2D eigenvalue weighted by Crippen LogP contribution is -2.12. The highest BCUT2D eigenvalue weighted by Crippen LogP contribution is 2.50. The van der Waals surface area contributed by atoms with Crippen LogP contribution in [0.25, 0.3) is 77.2 Å². The van der Waals surface area contributed by atoms with E-state index < -0.39 is 0 Å². The van der Waals surface area contributed by atoms with Gasteiger partial charge < -0.3 is 9.64 Å². The van der Waals surface area contributed by atoms with E-state index in [2.05, 4.69) is 223 Å². The topological polar surface area (TPSA) is 12.5 Å². The third-order valence-corrected chi connectivity index (χ3v) is 11.5. The molecule has 272 valence electrons. The molecular weight excluding hydrogens is 703 g/mol. The van der Waals surface area contributed by atoms with Crippen molar-refractivity contribution >= 4 is 38.6 Å². The Bertz CT molecular complexity index is 3120. The first-order valence-electron chi connectivity index (χ1n) is 19.8. The number of ether oxygens (including phenoxy) is 1. The normalized spacial score (nSPS) is 11.6. The molecule has 10 aromatic rings. The molecule has 0 radical (unpaired) electrons. The maximum atomic E-state index is 6.42. The summed E-state index contributed by atoms with van der Waals surface area (Å²) in [6.45, 7) is 0. The Kier molecular flexibility index (Phi) is 8.19. The zero-order valence-corrected chi connectivity index (χ0v) is 31.7. The Morgan fingerprint density at radius 1 is 0.293 bits per heavy atom. The quantitative estimate of drug-likeness (QED) is 0.161. The molecule has 10 aromatic carbocycles. The maximum Gasteiger partial charge on any atom is 0.135 e. The third-order valence-electron chi connectivity index (χ3n) is 11.5. The van der Waals surface area contributed by atoms with E-state index in [1.807, 2.05) is 6.07 Å². The number of hydrogen-bond acceptors (Lipinski definition) is 2. The van der Waals surface area contributed by atoms with Gasteiger partial charge in [-0.1, -0.05) is 176 Å². The molecule has 0 aromatic heterocycles. The van der Waals surface area contributed by atoms with E-state index in [9.17, 15) is 0 Å². The molecular formula is C56H37NO. The molecule has 2 heteroatoms. The third kappa shape index (κ3) is 5.82. The molecule has 0 unspecified atom stereocenters. The largest absolute Gasteiger partial charge is 0.456 e. The molecule has 11 rings (SSSR count).